The molecule has 7 rings (SSSR count). The topological polar surface area (TPSA) is 73.8 Å². The number of hydrogen-bond acceptors (Lipinski definition) is 8. The lowest BCUT2D eigenvalue weighted by molar-refractivity contribution is 0.210. The van der Waals surface area contributed by atoms with E-state index in [9.17, 15) is 0 Å². The highest BCUT2D eigenvalue weighted by molar-refractivity contribution is 6.43. The minimum absolute atomic E-state index is 0.205. The Labute approximate surface area is 335 Å². The van der Waals surface area contributed by atoms with Crippen LogP contribution in [-0.4, -0.2) is 52.9 Å². The van der Waals surface area contributed by atoms with Crippen molar-refractivity contribution in [2.45, 2.75) is 0 Å². The molecule has 0 aromatic heterocycles. The molecule has 0 saturated carbocycles. The van der Waals surface area contributed by atoms with Gasteiger partial charge in [-0.3, -0.25) is 0 Å². The molecule has 7 aromatic rings. The van der Waals surface area contributed by atoms with Crippen molar-refractivity contribution in [3.63, 3.8) is 0 Å². The van der Waals surface area contributed by atoms with Gasteiger partial charge in [-0.1, -0.05) is 96.0 Å². The molecule has 0 radical (unpaired) electrons. The third-order valence-electron chi connectivity index (χ3n) is 8.52. The Morgan fingerprint density at radius 3 is 0.875 bits per heavy atom. The fraction of sp³-hybridized carbons (Fsp3) is 0.174. The molecule has 0 aliphatic heterocycles. The lowest BCUT2D eigenvalue weighted by Gasteiger charge is -2.22. The van der Waals surface area contributed by atoms with Crippen molar-refractivity contribution in [1.82, 2.24) is 0 Å². The molecule has 0 amide bonds. The monoisotopic (exact) mass is 790 g/mol. The number of benzene rings is 7. The fourth-order valence-corrected chi connectivity index (χ4v) is 6.37. The first-order chi connectivity index (χ1) is 27.6. The third-order valence-corrected chi connectivity index (χ3v) is 9.24. The molecule has 0 bridgehead atoms. The van der Waals surface area contributed by atoms with Crippen LogP contribution >= 0.6 is 23.2 Å². The second kappa shape index (κ2) is 19.6. The summed E-state index contributed by atoms with van der Waals surface area (Å²) in [4.78, 5) is 0. The van der Waals surface area contributed by atoms with Gasteiger partial charge in [-0.25, -0.2) is 0 Å². The van der Waals surface area contributed by atoms with Crippen LogP contribution in [0.15, 0.2) is 146 Å². The van der Waals surface area contributed by atoms with Crippen molar-refractivity contribution in [3.8, 4) is 46.0 Å². The second-order valence-electron chi connectivity index (χ2n) is 12.3. The van der Waals surface area contributed by atoms with E-state index in [1.807, 2.05) is 133 Å². The van der Waals surface area contributed by atoms with Gasteiger partial charge in [-0.15, -0.1) is 0 Å². The van der Waals surface area contributed by atoms with E-state index in [2.05, 4.69) is 0 Å². The van der Waals surface area contributed by atoms with Gasteiger partial charge in [0, 0.05) is 10.8 Å². The van der Waals surface area contributed by atoms with Crippen LogP contribution < -0.4 is 37.9 Å². The molecule has 56 heavy (non-hydrogen) atoms. The molecule has 0 unspecified atom stereocenters. The summed E-state index contributed by atoms with van der Waals surface area (Å²) in [7, 11) is 0. The molecule has 0 aliphatic rings. The lowest BCUT2D eigenvalue weighted by Crippen LogP contribution is -2.13. The van der Waals surface area contributed by atoms with Crippen molar-refractivity contribution in [2.75, 3.05) is 52.9 Å². The van der Waals surface area contributed by atoms with E-state index >= 15 is 0 Å². The summed E-state index contributed by atoms with van der Waals surface area (Å²) in [6.45, 7) is 2.05. The average molecular weight is 792 g/mol. The van der Waals surface area contributed by atoms with Crippen molar-refractivity contribution < 1.29 is 37.9 Å². The van der Waals surface area contributed by atoms with Crippen LogP contribution in [0, 0.1) is 0 Å². The zero-order valence-electron chi connectivity index (χ0n) is 30.5. The SMILES string of the molecule is Clc1cc2c(OCCOc3ccccc3)c3c(OCCOc4ccccc4)ccc(OCCOc4ccccc4)c3c(OCCOc3ccccc3)c2cc1Cl. The number of fused-ring (bicyclic) bond motifs is 2. The van der Waals surface area contributed by atoms with Gasteiger partial charge in [0.2, 0.25) is 0 Å². The molecule has 0 spiro atoms. The summed E-state index contributed by atoms with van der Waals surface area (Å²) in [6.07, 6.45) is 0. The van der Waals surface area contributed by atoms with Crippen LogP contribution in [0.4, 0.5) is 0 Å². The maximum atomic E-state index is 6.71. The third kappa shape index (κ3) is 10.0. The van der Waals surface area contributed by atoms with Crippen LogP contribution in [0.25, 0.3) is 21.5 Å². The Bertz CT molecular complexity index is 2130. The van der Waals surface area contributed by atoms with Gasteiger partial charge in [0.05, 0.1) is 20.8 Å². The number of halogens is 2. The lowest BCUT2D eigenvalue weighted by atomic mass is 9.98. The number of hydrogen-bond donors (Lipinski definition) is 0. The predicted octanol–water partition coefficient (Wildman–Crippen LogP) is 11.1. The van der Waals surface area contributed by atoms with Gasteiger partial charge in [0.25, 0.3) is 0 Å². The maximum Gasteiger partial charge on any atom is 0.139 e. The fourth-order valence-electron chi connectivity index (χ4n) is 6.04. The Balaban J connectivity index is 1.27. The first-order valence-corrected chi connectivity index (χ1v) is 19.0. The first-order valence-electron chi connectivity index (χ1n) is 18.3. The van der Waals surface area contributed by atoms with Gasteiger partial charge in [0.1, 0.15) is 98.9 Å². The molecule has 0 saturated heterocycles. The van der Waals surface area contributed by atoms with E-state index in [0.717, 1.165) is 23.0 Å². The van der Waals surface area contributed by atoms with Crippen molar-refractivity contribution in [3.05, 3.63) is 156 Å². The van der Waals surface area contributed by atoms with E-state index < -0.39 is 0 Å². The van der Waals surface area contributed by atoms with Gasteiger partial charge < -0.3 is 37.9 Å². The molecule has 0 aliphatic carbocycles. The van der Waals surface area contributed by atoms with Crippen LogP contribution in [0.1, 0.15) is 0 Å². The van der Waals surface area contributed by atoms with Gasteiger partial charge in [-0.2, -0.15) is 0 Å². The predicted molar refractivity (Wildman–Crippen MR) is 221 cm³/mol. The van der Waals surface area contributed by atoms with Crippen LogP contribution in [0.2, 0.25) is 10.0 Å². The van der Waals surface area contributed by atoms with Gasteiger partial charge >= 0.3 is 0 Å². The maximum absolute atomic E-state index is 6.71. The second-order valence-corrected chi connectivity index (χ2v) is 13.1. The summed E-state index contributed by atoms with van der Waals surface area (Å²) >= 11 is 13.4. The van der Waals surface area contributed by atoms with E-state index in [1.165, 1.54) is 0 Å². The Kier molecular flexibility index (Phi) is 13.4. The Hall–Kier alpha value is -5.96. The minimum atomic E-state index is 0.205. The van der Waals surface area contributed by atoms with E-state index in [4.69, 9.17) is 61.1 Å². The standard InChI is InChI=1S/C46H40Cl2O8/c47-39-31-37-38(32-40(39)48)46(56-30-26-52-36-19-11-4-12-20-36)44-42(54-28-24-50-34-15-7-2-8-16-34)22-21-41(53-27-23-49-33-13-5-1-6-14-33)43(44)45(37)55-29-25-51-35-17-9-3-10-18-35/h1-22,31-32H,23-30H2. The normalized spacial score (nSPS) is 10.9. The summed E-state index contributed by atoms with van der Waals surface area (Å²) in [5.41, 5.74) is 0. The quantitative estimate of drug-likeness (QED) is 0.0558. The highest BCUT2D eigenvalue weighted by Gasteiger charge is 2.25. The molecule has 286 valence electrons. The van der Waals surface area contributed by atoms with E-state index in [-0.39, 0.29) is 39.6 Å². The summed E-state index contributed by atoms with van der Waals surface area (Å²) in [5, 5.41) is 3.28. The van der Waals surface area contributed by atoms with E-state index in [0.29, 0.717) is 67.8 Å². The molecule has 0 heterocycles. The molecule has 10 heteroatoms. The zero-order valence-corrected chi connectivity index (χ0v) is 32.0. The minimum Gasteiger partial charge on any atom is -0.490 e. The van der Waals surface area contributed by atoms with Crippen LogP contribution in [0.3, 0.4) is 0 Å². The average Bonchev–Trinajstić information content (AvgIpc) is 3.24. The Morgan fingerprint density at radius 2 is 0.571 bits per heavy atom. The van der Waals surface area contributed by atoms with Gasteiger partial charge in [0.15, 0.2) is 0 Å². The largest absolute Gasteiger partial charge is 0.490 e. The molecule has 7 aromatic carbocycles. The van der Waals surface area contributed by atoms with E-state index in [1.54, 1.807) is 12.1 Å². The summed E-state index contributed by atoms with van der Waals surface area (Å²) in [5.74, 6) is 5.03. The zero-order chi connectivity index (χ0) is 38.4. The summed E-state index contributed by atoms with van der Waals surface area (Å²) in [6, 6.07) is 45.6. The van der Waals surface area contributed by atoms with Crippen LogP contribution in [-0.2, 0) is 0 Å². The molecule has 0 N–H and O–H groups in total. The number of rotatable bonds is 20. The van der Waals surface area contributed by atoms with Crippen molar-refractivity contribution in [2.24, 2.45) is 0 Å². The van der Waals surface area contributed by atoms with Gasteiger partial charge in [-0.05, 0) is 72.8 Å². The molecular weight excluding hydrogens is 751 g/mol. The highest BCUT2D eigenvalue weighted by Crippen LogP contribution is 2.51. The van der Waals surface area contributed by atoms with Crippen molar-refractivity contribution in [1.29, 1.82) is 0 Å². The summed E-state index contributed by atoms with van der Waals surface area (Å²) < 4.78 is 50.2. The smallest absolute Gasteiger partial charge is 0.139 e. The van der Waals surface area contributed by atoms with Crippen molar-refractivity contribution >= 4 is 44.7 Å². The molecule has 8 nitrogen and oxygen atoms in total. The molecule has 0 fully saturated rings. The number of para-hydroxylation sites is 4. The Morgan fingerprint density at radius 1 is 0.304 bits per heavy atom. The van der Waals surface area contributed by atoms with Crippen LogP contribution in [0.5, 0.6) is 46.0 Å². The molecular formula is C46H40Cl2O8. The molecule has 0 atom stereocenters. The highest BCUT2D eigenvalue weighted by atomic mass is 35.5. The number of ether oxygens (including phenoxy) is 8. The first kappa shape index (κ1) is 38.3.